The van der Waals surface area contributed by atoms with E-state index in [4.69, 9.17) is 11.5 Å². The Labute approximate surface area is 106 Å². The van der Waals surface area contributed by atoms with Crippen LogP contribution in [-0.2, 0) is 6.42 Å². The van der Waals surface area contributed by atoms with Gasteiger partial charge in [0.05, 0.1) is 17.6 Å². The van der Waals surface area contributed by atoms with Crippen molar-refractivity contribution in [3.63, 3.8) is 0 Å². The predicted molar refractivity (Wildman–Crippen MR) is 69.2 cm³/mol. The molecule has 1 amide bonds. The molecule has 0 aliphatic heterocycles. The van der Waals surface area contributed by atoms with Gasteiger partial charge in [-0.05, 0) is 26.2 Å². The van der Waals surface area contributed by atoms with E-state index in [1.807, 2.05) is 6.92 Å². The van der Waals surface area contributed by atoms with Crippen LogP contribution in [0.5, 0.6) is 0 Å². The van der Waals surface area contributed by atoms with E-state index in [-0.39, 0.29) is 11.9 Å². The number of hydrogen-bond acceptors (Lipinski definition) is 5. The summed E-state index contributed by atoms with van der Waals surface area (Å²) >= 11 is 0. The first-order valence-electron chi connectivity index (χ1n) is 6.25. The Kier molecular flexibility index (Phi) is 3.47. The zero-order valence-electron chi connectivity index (χ0n) is 10.7. The largest absolute Gasteiger partial charge is 0.364 e. The summed E-state index contributed by atoms with van der Waals surface area (Å²) in [5, 5.41) is 2.93. The molecule has 1 unspecified atom stereocenters. The van der Waals surface area contributed by atoms with Gasteiger partial charge in [0.15, 0.2) is 11.5 Å². The van der Waals surface area contributed by atoms with Crippen molar-refractivity contribution in [2.45, 2.75) is 45.2 Å². The molecule has 1 heterocycles. The van der Waals surface area contributed by atoms with Gasteiger partial charge in [-0.1, -0.05) is 6.92 Å². The lowest BCUT2D eigenvalue weighted by Gasteiger charge is -2.15. The van der Waals surface area contributed by atoms with Crippen LogP contribution < -0.4 is 16.8 Å². The van der Waals surface area contributed by atoms with Gasteiger partial charge in [0.2, 0.25) is 0 Å². The molecule has 6 nitrogen and oxygen atoms in total. The average molecular weight is 249 g/mol. The third-order valence-corrected chi connectivity index (χ3v) is 2.90. The summed E-state index contributed by atoms with van der Waals surface area (Å²) in [5.74, 6) is 0.294. The van der Waals surface area contributed by atoms with Crippen molar-refractivity contribution in [1.82, 2.24) is 9.97 Å². The van der Waals surface area contributed by atoms with Gasteiger partial charge < -0.3 is 16.8 Å². The number of nitrogens with one attached hydrogen (secondary N) is 1. The highest BCUT2D eigenvalue weighted by Gasteiger charge is 2.30. The molecule has 1 saturated carbocycles. The van der Waals surface area contributed by atoms with E-state index in [0.29, 0.717) is 11.7 Å². The van der Waals surface area contributed by atoms with E-state index in [1.54, 1.807) is 6.92 Å². The second-order valence-electron chi connectivity index (χ2n) is 4.68. The van der Waals surface area contributed by atoms with Gasteiger partial charge in [0.1, 0.15) is 0 Å². The van der Waals surface area contributed by atoms with Crippen molar-refractivity contribution in [3.8, 4) is 0 Å². The lowest BCUT2D eigenvalue weighted by Crippen LogP contribution is -2.29. The third kappa shape index (κ3) is 2.59. The summed E-state index contributed by atoms with van der Waals surface area (Å²) in [6, 6.07) is 0. The highest BCUT2D eigenvalue weighted by atomic mass is 16.1. The molecule has 1 aliphatic rings. The van der Waals surface area contributed by atoms with Crippen LogP contribution in [0.4, 0.5) is 5.82 Å². The SMILES string of the molecule is CCc1nc(C(N)=O)c(NC(C)N)nc1C1CC1. The number of carbonyl (C=O) groups is 1. The first kappa shape index (κ1) is 12.8. The normalized spacial score (nSPS) is 16.4. The highest BCUT2D eigenvalue weighted by Crippen LogP contribution is 2.41. The van der Waals surface area contributed by atoms with Crippen molar-refractivity contribution in [1.29, 1.82) is 0 Å². The summed E-state index contributed by atoms with van der Waals surface area (Å²) < 4.78 is 0. The van der Waals surface area contributed by atoms with Gasteiger partial charge in [-0.15, -0.1) is 0 Å². The fraction of sp³-hybridized carbons (Fsp3) is 0.583. The standard InChI is InChI=1S/C12H19N5O/c1-3-8-9(7-4-5-7)17-12(15-6(2)13)10(16-8)11(14)18/h6-7H,3-5,13H2,1-2H3,(H2,14,18)(H,15,17). The quantitative estimate of drug-likeness (QED) is 0.667. The van der Waals surface area contributed by atoms with Crippen molar-refractivity contribution < 1.29 is 4.79 Å². The zero-order chi connectivity index (χ0) is 13.3. The third-order valence-electron chi connectivity index (χ3n) is 2.90. The van der Waals surface area contributed by atoms with Gasteiger partial charge >= 0.3 is 0 Å². The summed E-state index contributed by atoms with van der Waals surface area (Å²) in [4.78, 5) is 20.3. The van der Waals surface area contributed by atoms with Gasteiger partial charge in [-0.2, -0.15) is 0 Å². The number of nitrogens with zero attached hydrogens (tertiary/aromatic N) is 2. The summed E-state index contributed by atoms with van der Waals surface area (Å²) in [7, 11) is 0. The Morgan fingerprint density at radius 2 is 2.17 bits per heavy atom. The first-order valence-corrected chi connectivity index (χ1v) is 6.25. The molecule has 0 aromatic carbocycles. The molecule has 0 saturated heterocycles. The molecular formula is C12H19N5O. The van der Waals surface area contributed by atoms with Crippen LogP contribution in [0.2, 0.25) is 0 Å². The second-order valence-corrected chi connectivity index (χ2v) is 4.68. The maximum atomic E-state index is 11.4. The van der Waals surface area contributed by atoms with Crippen molar-refractivity contribution in [2.24, 2.45) is 11.5 Å². The van der Waals surface area contributed by atoms with Gasteiger partial charge in [-0.3, -0.25) is 4.79 Å². The number of rotatable bonds is 5. The maximum absolute atomic E-state index is 11.4. The lowest BCUT2D eigenvalue weighted by molar-refractivity contribution is 0.0996. The van der Waals surface area contributed by atoms with Gasteiger partial charge in [0, 0.05) is 5.92 Å². The molecule has 6 heteroatoms. The number of hydrogen-bond donors (Lipinski definition) is 3. The second kappa shape index (κ2) is 4.89. The minimum atomic E-state index is -0.581. The molecule has 5 N–H and O–H groups in total. The molecule has 0 radical (unpaired) electrons. The Morgan fingerprint density at radius 1 is 1.50 bits per heavy atom. The number of amides is 1. The molecule has 0 bridgehead atoms. The average Bonchev–Trinajstić information content (AvgIpc) is 3.11. The van der Waals surface area contributed by atoms with Gasteiger partial charge in [0.25, 0.3) is 5.91 Å². The minimum absolute atomic E-state index is 0.175. The molecule has 18 heavy (non-hydrogen) atoms. The highest BCUT2D eigenvalue weighted by molar-refractivity contribution is 5.95. The van der Waals surface area contributed by atoms with E-state index >= 15 is 0 Å². The summed E-state index contributed by atoms with van der Waals surface area (Å²) in [6.07, 6.45) is 2.71. The number of primary amides is 1. The van der Waals surface area contributed by atoms with Crippen LogP contribution in [0.1, 0.15) is 54.5 Å². The maximum Gasteiger partial charge on any atom is 0.271 e. The summed E-state index contributed by atoms with van der Waals surface area (Å²) in [5.41, 5.74) is 13.0. The summed E-state index contributed by atoms with van der Waals surface area (Å²) in [6.45, 7) is 3.77. The monoisotopic (exact) mass is 249 g/mol. The van der Waals surface area contributed by atoms with E-state index in [9.17, 15) is 4.79 Å². The van der Waals surface area contributed by atoms with Gasteiger partial charge in [-0.25, -0.2) is 9.97 Å². The molecular weight excluding hydrogens is 230 g/mol. The molecule has 2 rings (SSSR count). The molecule has 1 aromatic rings. The minimum Gasteiger partial charge on any atom is -0.364 e. The van der Waals surface area contributed by atoms with Crippen LogP contribution in [-0.4, -0.2) is 22.0 Å². The van der Waals surface area contributed by atoms with E-state index < -0.39 is 5.91 Å². The van der Waals surface area contributed by atoms with Crippen LogP contribution in [0.25, 0.3) is 0 Å². The Bertz CT molecular complexity index is 468. The lowest BCUT2D eigenvalue weighted by atomic mass is 10.1. The molecule has 0 spiro atoms. The number of anilines is 1. The van der Waals surface area contributed by atoms with Crippen LogP contribution >= 0.6 is 0 Å². The van der Waals surface area contributed by atoms with Crippen LogP contribution in [0, 0.1) is 0 Å². The number of aromatic nitrogens is 2. The smallest absolute Gasteiger partial charge is 0.271 e. The number of nitrogens with two attached hydrogens (primary N) is 2. The van der Waals surface area contributed by atoms with E-state index in [0.717, 1.165) is 30.7 Å². The first-order chi connectivity index (χ1) is 8.52. The van der Waals surface area contributed by atoms with E-state index in [1.165, 1.54) is 0 Å². The molecule has 98 valence electrons. The van der Waals surface area contributed by atoms with Crippen molar-refractivity contribution >= 4 is 11.7 Å². The molecule has 1 aliphatic carbocycles. The predicted octanol–water partition coefficient (Wildman–Crippen LogP) is 0.732. The van der Waals surface area contributed by atoms with Crippen LogP contribution in [0.15, 0.2) is 0 Å². The molecule has 1 aromatic heterocycles. The van der Waals surface area contributed by atoms with Crippen LogP contribution in [0.3, 0.4) is 0 Å². The fourth-order valence-corrected chi connectivity index (χ4v) is 1.92. The Morgan fingerprint density at radius 3 is 2.61 bits per heavy atom. The molecule has 1 fully saturated rings. The number of aryl methyl sites for hydroxylation is 1. The zero-order valence-corrected chi connectivity index (χ0v) is 10.7. The molecule has 1 atom stereocenters. The Balaban J connectivity index is 2.47. The fourth-order valence-electron chi connectivity index (χ4n) is 1.92. The van der Waals surface area contributed by atoms with Crippen molar-refractivity contribution in [2.75, 3.05) is 5.32 Å². The topological polar surface area (TPSA) is 107 Å². The van der Waals surface area contributed by atoms with Crippen molar-refractivity contribution in [3.05, 3.63) is 17.1 Å². The number of carbonyl (C=O) groups excluding carboxylic acids is 1. The Hall–Kier alpha value is -1.69. The van der Waals surface area contributed by atoms with E-state index in [2.05, 4.69) is 15.3 Å².